The van der Waals surface area contributed by atoms with Gasteiger partial charge in [-0.05, 0) is 95.7 Å². The molecule has 2 heterocycles. The molecule has 0 saturated heterocycles. The second-order valence-electron chi connectivity index (χ2n) is 12.3. The maximum Gasteiger partial charge on any atom is 0.0880 e. The van der Waals surface area contributed by atoms with Crippen LogP contribution in [0.1, 0.15) is 14.9 Å². The summed E-state index contributed by atoms with van der Waals surface area (Å²) in [5, 5.41) is 12.5. The third-order valence-corrected chi connectivity index (χ3v) is 10.9. The maximum atomic E-state index is 5.01. The molecule has 2 aromatic heterocycles. The van der Waals surface area contributed by atoms with Crippen molar-refractivity contribution < 1.29 is 0 Å². The van der Waals surface area contributed by atoms with Crippen LogP contribution in [0.5, 0.6) is 0 Å². The largest absolute Gasteiger partial charge is 0.255 e. The smallest absolute Gasteiger partial charge is 0.0880 e. The molecule has 0 amide bonds. The summed E-state index contributed by atoms with van der Waals surface area (Å²) in [5.74, 6) is 0. The van der Waals surface area contributed by atoms with Gasteiger partial charge in [-0.2, -0.15) is 0 Å². The van der Waals surface area contributed by atoms with Crippen LogP contribution in [-0.2, 0) is 0 Å². The van der Waals surface area contributed by atoms with Gasteiger partial charge in [0, 0.05) is 27.2 Å². The molecular formula is C47H35NS. The molecule has 0 unspecified atom stereocenters. The summed E-state index contributed by atoms with van der Waals surface area (Å²) in [5.41, 5.74) is 7.15. The number of aromatic nitrogens is 1. The van der Waals surface area contributed by atoms with Crippen molar-refractivity contribution >= 4 is 74.6 Å². The molecule has 0 spiro atoms. The number of hydrogen-bond donors (Lipinski definition) is 0. The first-order chi connectivity index (χ1) is 23.3. The van der Waals surface area contributed by atoms with Crippen LogP contribution in [0, 0.1) is 0 Å². The molecule has 49 heavy (non-hydrogen) atoms. The fourth-order valence-corrected chi connectivity index (χ4v) is 8.70. The molecule has 0 saturated carbocycles. The highest BCUT2D eigenvalue weighted by atomic mass is 32.1. The second kappa shape index (κ2) is 12.0. The van der Waals surface area contributed by atoms with Gasteiger partial charge in [-0.1, -0.05) is 142 Å². The van der Waals surface area contributed by atoms with Crippen LogP contribution in [0.25, 0.3) is 96.8 Å². The van der Waals surface area contributed by atoms with Crippen LogP contribution in [0.15, 0.2) is 164 Å². The number of rotatable bonds is 3. The Hall–Kier alpha value is -5.83. The third-order valence-electron chi connectivity index (χ3n) is 9.67. The number of pyridine rings is 1. The normalized spacial score (nSPS) is 11.3. The summed E-state index contributed by atoms with van der Waals surface area (Å²) in [6.45, 7) is 0. The number of thiophene rings is 1. The molecule has 8 aromatic carbocycles. The zero-order chi connectivity index (χ0) is 30.9. The van der Waals surface area contributed by atoms with Crippen molar-refractivity contribution in [2.24, 2.45) is 0 Å². The average Bonchev–Trinajstić information content (AvgIpc) is 3.52. The predicted octanol–water partition coefficient (Wildman–Crippen LogP) is 14.3. The summed E-state index contributed by atoms with van der Waals surface area (Å²) in [4.78, 5) is 5.01. The van der Waals surface area contributed by atoms with E-state index in [0.29, 0.717) is 0 Å². The van der Waals surface area contributed by atoms with Gasteiger partial charge in [-0.3, -0.25) is 4.98 Å². The van der Waals surface area contributed by atoms with Gasteiger partial charge >= 0.3 is 0 Å². The lowest BCUT2D eigenvalue weighted by Gasteiger charge is -2.19. The van der Waals surface area contributed by atoms with Crippen LogP contribution in [0.4, 0.5) is 0 Å². The highest BCUT2D eigenvalue weighted by molar-refractivity contribution is 7.26. The highest BCUT2D eigenvalue weighted by Gasteiger charge is 2.19. The molecule has 10 aromatic rings. The maximum absolute atomic E-state index is 5.01. The van der Waals surface area contributed by atoms with E-state index in [4.69, 9.17) is 4.98 Å². The lowest BCUT2D eigenvalue weighted by atomic mass is 9.84. The van der Waals surface area contributed by atoms with Gasteiger partial charge in [-0.15, -0.1) is 11.3 Å². The topological polar surface area (TPSA) is 12.9 Å². The van der Waals surface area contributed by atoms with Crippen LogP contribution in [0.2, 0.25) is 0 Å². The van der Waals surface area contributed by atoms with E-state index in [1.165, 1.54) is 85.5 Å². The third kappa shape index (κ3) is 4.79. The number of benzene rings is 8. The van der Waals surface area contributed by atoms with Gasteiger partial charge in [0.1, 0.15) is 0 Å². The van der Waals surface area contributed by atoms with E-state index in [0.717, 1.165) is 11.3 Å². The summed E-state index contributed by atoms with van der Waals surface area (Å²) < 4.78 is 2.52. The first-order valence-corrected chi connectivity index (χ1v) is 16.9. The SMILES string of the molecule is C.C.c1ccc2cc(-c3c4ccccc4c(-c4ccc5ccccc5c4)c4cc(-c5nccc6c5sc5ccccc56)ccc34)ccc2c1. The molecule has 0 N–H and O–H groups in total. The summed E-state index contributed by atoms with van der Waals surface area (Å²) in [6.07, 6.45) is 1.96. The Kier molecular flexibility index (Phi) is 7.47. The standard InChI is InChI=1S/C45H27NS.2CH4/c1-3-11-30-25-32(19-17-28(30)9-1)42-36-14-5-6-15-37(36)43(33-20-18-29-10-2-4-12-31(29)26-33)40-27-34(21-22-38(40)42)44-45-39(23-24-46-44)35-13-7-8-16-41(35)47-45;;/h1-27H;2*1H4. The van der Waals surface area contributed by atoms with Crippen molar-refractivity contribution in [1.82, 2.24) is 4.98 Å². The minimum Gasteiger partial charge on any atom is -0.255 e. The Morgan fingerprint density at radius 3 is 1.53 bits per heavy atom. The predicted molar refractivity (Wildman–Crippen MR) is 217 cm³/mol. The second-order valence-corrected chi connectivity index (χ2v) is 13.4. The average molecular weight is 646 g/mol. The molecule has 0 aliphatic carbocycles. The van der Waals surface area contributed by atoms with E-state index in [1.54, 1.807) is 0 Å². The Morgan fingerprint density at radius 1 is 0.367 bits per heavy atom. The Bertz CT molecular complexity index is 2860. The lowest BCUT2D eigenvalue weighted by Crippen LogP contribution is -1.92. The minimum absolute atomic E-state index is 0. The van der Waals surface area contributed by atoms with E-state index in [1.807, 2.05) is 17.5 Å². The molecule has 2 heteroatoms. The number of hydrogen-bond acceptors (Lipinski definition) is 2. The molecular weight excluding hydrogens is 611 g/mol. The van der Waals surface area contributed by atoms with Crippen LogP contribution < -0.4 is 0 Å². The molecule has 0 atom stereocenters. The lowest BCUT2D eigenvalue weighted by molar-refractivity contribution is 1.37. The van der Waals surface area contributed by atoms with Crippen LogP contribution in [0.3, 0.4) is 0 Å². The first-order valence-electron chi connectivity index (χ1n) is 16.0. The van der Waals surface area contributed by atoms with Crippen LogP contribution >= 0.6 is 11.3 Å². The molecule has 0 fully saturated rings. The summed E-state index contributed by atoms with van der Waals surface area (Å²) in [7, 11) is 0. The zero-order valence-corrected chi connectivity index (χ0v) is 26.3. The van der Waals surface area contributed by atoms with Crippen molar-refractivity contribution in [3.05, 3.63) is 164 Å². The van der Waals surface area contributed by atoms with E-state index < -0.39 is 0 Å². The van der Waals surface area contributed by atoms with Crippen LogP contribution in [-0.4, -0.2) is 4.98 Å². The zero-order valence-electron chi connectivity index (χ0n) is 25.4. The van der Waals surface area contributed by atoms with E-state index in [2.05, 4.69) is 158 Å². The first kappa shape index (κ1) is 30.5. The van der Waals surface area contributed by atoms with Crippen molar-refractivity contribution in [2.75, 3.05) is 0 Å². The number of nitrogens with zero attached hydrogens (tertiary/aromatic N) is 1. The van der Waals surface area contributed by atoms with E-state index in [9.17, 15) is 0 Å². The fraction of sp³-hybridized carbons (Fsp3) is 0.0426. The Labute approximate surface area is 290 Å². The molecule has 10 rings (SSSR count). The number of fused-ring (bicyclic) bond motifs is 7. The summed E-state index contributed by atoms with van der Waals surface area (Å²) in [6, 6.07) is 57.8. The summed E-state index contributed by atoms with van der Waals surface area (Å²) >= 11 is 1.83. The molecule has 0 radical (unpaired) electrons. The fourth-order valence-electron chi connectivity index (χ4n) is 7.49. The van der Waals surface area contributed by atoms with Gasteiger partial charge in [0.05, 0.1) is 10.4 Å². The monoisotopic (exact) mass is 645 g/mol. The van der Waals surface area contributed by atoms with Gasteiger partial charge in [0.15, 0.2) is 0 Å². The van der Waals surface area contributed by atoms with Crippen molar-refractivity contribution in [3.8, 4) is 33.5 Å². The van der Waals surface area contributed by atoms with Gasteiger partial charge < -0.3 is 0 Å². The van der Waals surface area contributed by atoms with Gasteiger partial charge in [-0.25, -0.2) is 0 Å². The van der Waals surface area contributed by atoms with Crippen molar-refractivity contribution in [3.63, 3.8) is 0 Å². The Balaban J connectivity index is 0.00000174. The van der Waals surface area contributed by atoms with E-state index >= 15 is 0 Å². The highest BCUT2D eigenvalue weighted by Crippen LogP contribution is 2.46. The molecule has 1 nitrogen and oxygen atoms in total. The van der Waals surface area contributed by atoms with E-state index in [-0.39, 0.29) is 14.9 Å². The molecule has 0 aliphatic rings. The molecule has 234 valence electrons. The Morgan fingerprint density at radius 2 is 0.878 bits per heavy atom. The minimum atomic E-state index is 0. The van der Waals surface area contributed by atoms with Gasteiger partial charge in [0.2, 0.25) is 0 Å². The van der Waals surface area contributed by atoms with Gasteiger partial charge in [0.25, 0.3) is 0 Å². The van der Waals surface area contributed by atoms with Crippen molar-refractivity contribution in [2.45, 2.75) is 14.9 Å². The quantitative estimate of drug-likeness (QED) is 0.174. The van der Waals surface area contributed by atoms with Crippen molar-refractivity contribution in [1.29, 1.82) is 0 Å². The molecule has 0 bridgehead atoms. The molecule has 0 aliphatic heterocycles.